The number of nitrogens with zero attached hydrogens (tertiary/aromatic N) is 3. The van der Waals surface area contributed by atoms with Gasteiger partial charge in [-0.3, -0.25) is 9.59 Å². The van der Waals surface area contributed by atoms with E-state index in [0.717, 1.165) is 34.6 Å². The molecule has 2 aliphatic rings. The molecule has 0 spiro atoms. The van der Waals surface area contributed by atoms with Gasteiger partial charge in [0.1, 0.15) is 5.82 Å². The number of aromatic nitrogens is 1. The molecule has 28 heavy (non-hydrogen) atoms. The van der Waals surface area contributed by atoms with Crippen molar-refractivity contribution in [1.82, 2.24) is 10.3 Å². The first-order valence-electron chi connectivity index (χ1n) is 9.64. The molecule has 0 bridgehead atoms. The lowest BCUT2D eigenvalue weighted by Crippen LogP contribution is -2.32. The van der Waals surface area contributed by atoms with E-state index in [1.165, 1.54) is 12.8 Å². The van der Waals surface area contributed by atoms with Crippen molar-refractivity contribution in [3.8, 4) is 0 Å². The summed E-state index contributed by atoms with van der Waals surface area (Å²) in [5, 5.41) is 2.99. The van der Waals surface area contributed by atoms with Crippen LogP contribution in [0.3, 0.4) is 0 Å². The summed E-state index contributed by atoms with van der Waals surface area (Å²) >= 11 is 3.43. The van der Waals surface area contributed by atoms with Crippen LogP contribution < -0.4 is 15.1 Å². The zero-order valence-corrected chi connectivity index (χ0v) is 17.2. The molecule has 2 fully saturated rings. The van der Waals surface area contributed by atoms with Crippen molar-refractivity contribution in [1.29, 1.82) is 0 Å². The number of carbonyl (C=O) groups is 2. The second-order valence-corrected chi connectivity index (χ2v) is 8.24. The molecule has 6 nitrogen and oxygen atoms in total. The smallest absolute Gasteiger partial charge is 0.227 e. The molecule has 3 heterocycles. The number of pyridine rings is 1. The number of hydrogen-bond acceptors (Lipinski definition) is 4. The van der Waals surface area contributed by atoms with Gasteiger partial charge in [-0.15, -0.1) is 0 Å². The molecule has 0 unspecified atom stereocenters. The Morgan fingerprint density at radius 3 is 2.82 bits per heavy atom. The largest absolute Gasteiger partial charge is 0.357 e. The normalized spacial score (nSPS) is 19.3. The predicted octanol–water partition coefficient (Wildman–Crippen LogP) is 3.11. The third kappa shape index (κ3) is 4.19. The van der Waals surface area contributed by atoms with Crippen molar-refractivity contribution >= 4 is 39.2 Å². The predicted molar refractivity (Wildman–Crippen MR) is 112 cm³/mol. The summed E-state index contributed by atoms with van der Waals surface area (Å²) in [6.45, 7) is 2.94. The minimum Gasteiger partial charge on any atom is -0.357 e. The van der Waals surface area contributed by atoms with Crippen molar-refractivity contribution in [3.05, 3.63) is 52.6 Å². The molecule has 7 heteroatoms. The van der Waals surface area contributed by atoms with E-state index in [2.05, 4.69) is 31.1 Å². The van der Waals surface area contributed by atoms with Crippen molar-refractivity contribution in [2.75, 3.05) is 29.4 Å². The molecule has 146 valence electrons. The lowest BCUT2D eigenvalue weighted by Gasteiger charge is -2.18. The number of amides is 2. The molecule has 0 saturated carbocycles. The topological polar surface area (TPSA) is 65.5 Å². The van der Waals surface area contributed by atoms with Crippen molar-refractivity contribution in [2.24, 2.45) is 5.92 Å². The number of rotatable bonds is 5. The molecule has 1 aromatic heterocycles. The SMILES string of the molecule is O=C(NCc1ccnc(N2CCCC2)c1)[C@@H]1CC(=O)N(c2cccc(Br)c2)C1. The maximum atomic E-state index is 12.6. The Bertz CT molecular complexity index is 882. The van der Waals surface area contributed by atoms with Crippen LogP contribution in [0.15, 0.2) is 47.1 Å². The van der Waals surface area contributed by atoms with Crippen molar-refractivity contribution < 1.29 is 9.59 Å². The molecule has 2 amide bonds. The highest BCUT2D eigenvalue weighted by molar-refractivity contribution is 9.10. The highest BCUT2D eigenvalue weighted by Gasteiger charge is 2.35. The summed E-state index contributed by atoms with van der Waals surface area (Å²) in [5.74, 6) is 0.552. The Morgan fingerprint density at radius 1 is 1.21 bits per heavy atom. The second kappa shape index (κ2) is 8.31. The Labute approximate surface area is 173 Å². The van der Waals surface area contributed by atoms with E-state index in [9.17, 15) is 9.59 Å². The van der Waals surface area contributed by atoms with Gasteiger partial charge < -0.3 is 15.1 Å². The number of carbonyl (C=O) groups excluding carboxylic acids is 2. The summed E-state index contributed by atoms with van der Waals surface area (Å²) < 4.78 is 0.914. The number of benzene rings is 1. The van der Waals surface area contributed by atoms with Gasteiger partial charge in [0.05, 0.1) is 5.92 Å². The Morgan fingerprint density at radius 2 is 2.04 bits per heavy atom. The third-order valence-corrected chi connectivity index (χ3v) is 5.82. The maximum Gasteiger partial charge on any atom is 0.227 e. The Balaban J connectivity index is 1.35. The quantitative estimate of drug-likeness (QED) is 0.772. The summed E-state index contributed by atoms with van der Waals surface area (Å²) in [5.41, 5.74) is 1.84. The summed E-state index contributed by atoms with van der Waals surface area (Å²) in [4.78, 5) is 33.4. The zero-order valence-electron chi connectivity index (χ0n) is 15.6. The first kappa shape index (κ1) is 18.9. The van der Waals surface area contributed by atoms with E-state index in [1.54, 1.807) is 11.1 Å². The van der Waals surface area contributed by atoms with E-state index < -0.39 is 0 Å². The standard InChI is InChI=1S/C21H23BrN4O2/c22-17-4-3-5-18(12-17)26-14-16(11-20(26)27)21(28)24-13-15-6-7-23-19(10-15)25-8-1-2-9-25/h3-7,10,12,16H,1-2,8-9,11,13-14H2,(H,24,28)/t16-/m1/s1. The number of halogens is 1. The van der Waals surface area contributed by atoms with E-state index in [0.29, 0.717) is 13.1 Å². The van der Waals surface area contributed by atoms with Crippen molar-refractivity contribution in [3.63, 3.8) is 0 Å². The van der Waals surface area contributed by atoms with Crippen LogP contribution in [0.4, 0.5) is 11.5 Å². The van der Waals surface area contributed by atoms with E-state index in [4.69, 9.17) is 0 Å². The van der Waals surface area contributed by atoms with Gasteiger partial charge >= 0.3 is 0 Å². The van der Waals surface area contributed by atoms with Gasteiger partial charge in [0.2, 0.25) is 11.8 Å². The number of nitrogens with one attached hydrogen (secondary N) is 1. The lowest BCUT2D eigenvalue weighted by molar-refractivity contribution is -0.126. The summed E-state index contributed by atoms with van der Waals surface area (Å²) in [7, 11) is 0. The fourth-order valence-electron chi connectivity index (χ4n) is 3.80. The molecule has 0 radical (unpaired) electrons. The highest BCUT2D eigenvalue weighted by Crippen LogP contribution is 2.27. The van der Waals surface area contributed by atoms with Crippen molar-refractivity contribution in [2.45, 2.75) is 25.8 Å². The van der Waals surface area contributed by atoms with Gasteiger partial charge in [-0.05, 0) is 48.7 Å². The fourth-order valence-corrected chi connectivity index (χ4v) is 4.19. The van der Waals surface area contributed by atoms with Crippen LogP contribution in [-0.4, -0.2) is 36.4 Å². The van der Waals surface area contributed by atoms with Gasteiger partial charge in [0, 0.05) is 49.0 Å². The van der Waals surface area contributed by atoms with Crippen LogP contribution in [0.2, 0.25) is 0 Å². The van der Waals surface area contributed by atoms with E-state index in [1.807, 2.05) is 36.4 Å². The number of anilines is 2. The zero-order chi connectivity index (χ0) is 19.5. The Kier molecular flexibility index (Phi) is 5.62. The van der Waals surface area contributed by atoms with Gasteiger partial charge in [-0.2, -0.15) is 0 Å². The third-order valence-electron chi connectivity index (χ3n) is 5.32. The number of hydrogen-bond donors (Lipinski definition) is 1. The molecule has 4 rings (SSSR count). The van der Waals surface area contributed by atoms with Crippen LogP contribution in [0.25, 0.3) is 0 Å². The van der Waals surface area contributed by atoms with Crippen LogP contribution in [0, 0.1) is 5.92 Å². The van der Waals surface area contributed by atoms with Gasteiger partial charge in [0.15, 0.2) is 0 Å². The van der Waals surface area contributed by atoms with Gasteiger partial charge in [0.25, 0.3) is 0 Å². The first-order chi connectivity index (χ1) is 13.6. The first-order valence-corrected chi connectivity index (χ1v) is 10.4. The molecule has 0 aliphatic carbocycles. The van der Waals surface area contributed by atoms with Gasteiger partial charge in [-0.1, -0.05) is 22.0 Å². The van der Waals surface area contributed by atoms with Crippen LogP contribution in [0.1, 0.15) is 24.8 Å². The second-order valence-electron chi connectivity index (χ2n) is 7.32. The van der Waals surface area contributed by atoms with Crippen LogP contribution in [0.5, 0.6) is 0 Å². The molecule has 1 N–H and O–H groups in total. The van der Waals surface area contributed by atoms with E-state index >= 15 is 0 Å². The lowest BCUT2D eigenvalue weighted by atomic mass is 10.1. The van der Waals surface area contributed by atoms with Crippen LogP contribution in [-0.2, 0) is 16.1 Å². The fraction of sp³-hybridized carbons (Fsp3) is 0.381. The van der Waals surface area contributed by atoms with Gasteiger partial charge in [-0.25, -0.2) is 4.98 Å². The minimum absolute atomic E-state index is 0.0153. The minimum atomic E-state index is -0.327. The molecule has 2 aromatic rings. The monoisotopic (exact) mass is 442 g/mol. The molecule has 1 aromatic carbocycles. The Hall–Kier alpha value is -2.41. The highest BCUT2D eigenvalue weighted by atomic mass is 79.9. The average molecular weight is 443 g/mol. The molecular weight excluding hydrogens is 420 g/mol. The summed E-state index contributed by atoms with van der Waals surface area (Å²) in [6.07, 6.45) is 4.44. The summed E-state index contributed by atoms with van der Waals surface area (Å²) in [6, 6.07) is 11.6. The average Bonchev–Trinajstić information content (AvgIpc) is 3.36. The molecule has 1 atom stereocenters. The van der Waals surface area contributed by atoms with E-state index in [-0.39, 0.29) is 24.2 Å². The molecule has 2 saturated heterocycles. The molecular formula is C21H23BrN4O2. The van der Waals surface area contributed by atoms with Crippen LogP contribution >= 0.6 is 15.9 Å². The molecule has 2 aliphatic heterocycles. The maximum absolute atomic E-state index is 12.6.